The number of imide groups is 1. The maximum Gasteiger partial charge on any atom is 0.331 e. The van der Waals surface area contributed by atoms with Crippen molar-refractivity contribution < 1.29 is 14.4 Å². The van der Waals surface area contributed by atoms with E-state index < -0.39 is 0 Å². The zero-order chi connectivity index (χ0) is 17.4. The van der Waals surface area contributed by atoms with Crippen molar-refractivity contribution in [2.75, 3.05) is 23.3 Å². The van der Waals surface area contributed by atoms with Crippen molar-refractivity contribution in [1.82, 2.24) is 4.90 Å². The molecule has 6 nitrogen and oxygen atoms in total. The molecule has 1 aromatic rings. The molecule has 24 heavy (non-hydrogen) atoms. The van der Waals surface area contributed by atoms with Crippen LogP contribution >= 0.6 is 0 Å². The molecule has 0 bridgehead atoms. The van der Waals surface area contributed by atoms with Gasteiger partial charge in [0.05, 0.1) is 5.69 Å². The molecule has 1 saturated heterocycles. The fourth-order valence-corrected chi connectivity index (χ4v) is 3.16. The predicted octanol–water partition coefficient (Wildman–Crippen LogP) is 2.77. The third kappa shape index (κ3) is 3.00. The number of carbonyl (C=O) groups excluding carboxylic acids is 3. The Hall–Kier alpha value is -2.37. The Morgan fingerprint density at radius 1 is 1.25 bits per heavy atom. The second-order valence-corrected chi connectivity index (χ2v) is 6.67. The van der Waals surface area contributed by atoms with Gasteiger partial charge in [0, 0.05) is 31.6 Å². The largest absolute Gasteiger partial charge is 0.331 e. The fourth-order valence-electron chi connectivity index (χ4n) is 3.16. The molecule has 1 saturated carbocycles. The van der Waals surface area contributed by atoms with E-state index in [1.165, 1.54) is 11.8 Å². The maximum atomic E-state index is 12.4. The highest BCUT2D eigenvalue weighted by atomic mass is 16.2. The van der Waals surface area contributed by atoms with Crippen molar-refractivity contribution in [3.8, 4) is 0 Å². The summed E-state index contributed by atoms with van der Waals surface area (Å²) in [5, 5.41) is 2.99. The Bertz CT molecular complexity index is 697. The van der Waals surface area contributed by atoms with Gasteiger partial charge in [-0.05, 0) is 43.4 Å². The van der Waals surface area contributed by atoms with Gasteiger partial charge in [-0.2, -0.15) is 0 Å². The summed E-state index contributed by atoms with van der Waals surface area (Å²) in [5.74, 6) is 0.284. The minimum atomic E-state index is -0.305. The first-order chi connectivity index (χ1) is 11.4. The van der Waals surface area contributed by atoms with E-state index in [9.17, 15) is 14.4 Å². The van der Waals surface area contributed by atoms with Crippen molar-refractivity contribution >= 4 is 29.2 Å². The lowest BCUT2D eigenvalue weighted by atomic mass is 10.0. The molecular formula is C18H23N3O3. The summed E-state index contributed by atoms with van der Waals surface area (Å²) in [6.45, 7) is 6.10. The lowest BCUT2D eigenvalue weighted by molar-refractivity contribution is -0.125. The van der Waals surface area contributed by atoms with E-state index in [1.807, 2.05) is 32.0 Å². The number of hydrogen-bond donors (Lipinski definition) is 1. The van der Waals surface area contributed by atoms with Crippen LogP contribution in [0.4, 0.5) is 16.2 Å². The number of carbonyl (C=O) groups is 3. The van der Waals surface area contributed by atoms with Crippen molar-refractivity contribution in [2.45, 2.75) is 33.6 Å². The quantitative estimate of drug-likeness (QED) is 0.923. The number of hydrogen-bond acceptors (Lipinski definition) is 3. The third-order valence-electron chi connectivity index (χ3n) is 4.99. The smallest absolute Gasteiger partial charge is 0.326 e. The van der Waals surface area contributed by atoms with Crippen LogP contribution in [0.5, 0.6) is 0 Å². The van der Waals surface area contributed by atoms with Gasteiger partial charge in [0.1, 0.15) is 0 Å². The second kappa shape index (κ2) is 6.26. The molecule has 6 heteroatoms. The van der Waals surface area contributed by atoms with E-state index in [2.05, 4.69) is 5.32 Å². The van der Waals surface area contributed by atoms with Crippen LogP contribution in [-0.4, -0.2) is 35.8 Å². The van der Waals surface area contributed by atoms with Gasteiger partial charge in [0.25, 0.3) is 0 Å². The van der Waals surface area contributed by atoms with Crippen LogP contribution in [0.1, 0.15) is 32.3 Å². The van der Waals surface area contributed by atoms with Gasteiger partial charge < -0.3 is 5.32 Å². The summed E-state index contributed by atoms with van der Waals surface area (Å²) >= 11 is 0. The summed E-state index contributed by atoms with van der Waals surface area (Å²) in [6, 6.07) is 5.21. The van der Waals surface area contributed by atoms with Gasteiger partial charge in [0.15, 0.2) is 0 Å². The second-order valence-electron chi connectivity index (χ2n) is 6.67. The number of nitrogens with one attached hydrogen (secondary N) is 1. The van der Waals surface area contributed by atoms with Crippen molar-refractivity contribution in [3.63, 3.8) is 0 Å². The number of rotatable bonds is 4. The van der Waals surface area contributed by atoms with E-state index in [0.717, 1.165) is 29.8 Å². The van der Waals surface area contributed by atoms with Crippen LogP contribution < -0.4 is 10.2 Å². The summed E-state index contributed by atoms with van der Waals surface area (Å²) in [7, 11) is 0. The molecule has 1 aromatic carbocycles. The van der Waals surface area contributed by atoms with E-state index in [4.69, 9.17) is 0 Å². The molecule has 1 aliphatic heterocycles. The molecule has 0 aromatic heterocycles. The minimum Gasteiger partial charge on any atom is -0.326 e. The standard InChI is InChI=1S/C18H23N3O3/c1-11(14-7-8-14)17(23)19-15-5-4-6-16(12(15)2)21-10-9-20(13(3)22)18(21)24/h4-6,11,14H,7-10H2,1-3H3,(H,19,23)/t11-/m1/s1. The molecular weight excluding hydrogens is 306 g/mol. The lowest BCUT2D eigenvalue weighted by Crippen LogP contribution is -2.35. The minimum absolute atomic E-state index is 0.00896. The van der Waals surface area contributed by atoms with Crippen LogP contribution in [0.3, 0.4) is 0 Å². The summed E-state index contributed by atoms with van der Waals surface area (Å²) in [4.78, 5) is 39.0. The molecule has 2 aliphatic rings. The molecule has 0 unspecified atom stereocenters. The monoisotopic (exact) mass is 329 g/mol. The van der Waals surface area contributed by atoms with E-state index in [0.29, 0.717) is 19.0 Å². The van der Waals surface area contributed by atoms with Crippen molar-refractivity contribution in [3.05, 3.63) is 23.8 Å². The Labute approximate surface area is 141 Å². The van der Waals surface area contributed by atoms with E-state index >= 15 is 0 Å². The van der Waals surface area contributed by atoms with Gasteiger partial charge in [-0.25, -0.2) is 4.79 Å². The number of urea groups is 1. The molecule has 4 amide bonds. The first-order valence-corrected chi connectivity index (χ1v) is 8.40. The lowest BCUT2D eigenvalue weighted by Gasteiger charge is -2.21. The first kappa shape index (κ1) is 16.5. The molecule has 2 fully saturated rings. The summed E-state index contributed by atoms with van der Waals surface area (Å²) < 4.78 is 0. The van der Waals surface area contributed by atoms with E-state index in [-0.39, 0.29) is 23.8 Å². The third-order valence-corrected chi connectivity index (χ3v) is 4.99. The Morgan fingerprint density at radius 2 is 1.96 bits per heavy atom. The zero-order valence-electron chi connectivity index (χ0n) is 14.3. The molecule has 0 radical (unpaired) electrons. The van der Waals surface area contributed by atoms with Crippen molar-refractivity contribution in [2.24, 2.45) is 11.8 Å². The average Bonchev–Trinajstić information content (AvgIpc) is 3.31. The number of nitrogens with zero attached hydrogens (tertiary/aromatic N) is 2. The number of anilines is 2. The number of amides is 4. The molecule has 128 valence electrons. The SMILES string of the molecule is CC(=O)N1CCN(c2cccc(NC(=O)[C@H](C)C3CC3)c2C)C1=O. The normalized spacial score (nSPS) is 18.7. The first-order valence-electron chi connectivity index (χ1n) is 8.40. The molecule has 1 aliphatic carbocycles. The fraction of sp³-hybridized carbons (Fsp3) is 0.500. The Kier molecular flexibility index (Phi) is 4.30. The van der Waals surface area contributed by atoms with Gasteiger partial charge in [-0.3, -0.25) is 19.4 Å². The van der Waals surface area contributed by atoms with Crippen molar-refractivity contribution in [1.29, 1.82) is 0 Å². The molecule has 3 rings (SSSR count). The Balaban J connectivity index is 1.80. The summed E-state index contributed by atoms with van der Waals surface area (Å²) in [5.41, 5.74) is 2.30. The zero-order valence-corrected chi connectivity index (χ0v) is 14.3. The van der Waals surface area contributed by atoms with Crippen LogP contribution in [-0.2, 0) is 9.59 Å². The van der Waals surface area contributed by atoms with Gasteiger partial charge in [-0.1, -0.05) is 13.0 Å². The highest BCUT2D eigenvalue weighted by molar-refractivity contribution is 6.05. The summed E-state index contributed by atoms with van der Waals surface area (Å²) in [6.07, 6.45) is 2.24. The predicted molar refractivity (Wildman–Crippen MR) is 91.8 cm³/mol. The van der Waals surface area contributed by atoms with Gasteiger partial charge in [-0.15, -0.1) is 0 Å². The highest BCUT2D eigenvalue weighted by Gasteiger charge is 2.34. The maximum absolute atomic E-state index is 12.4. The average molecular weight is 329 g/mol. The molecule has 0 spiro atoms. The molecule has 1 atom stereocenters. The van der Waals surface area contributed by atoms with Gasteiger partial charge in [0.2, 0.25) is 11.8 Å². The highest BCUT2D eigenvalue weighted by Crippen LogP contribution is 2.37. The van der Waals surface area contributed by atoms with Gasteiger partial charge >= 0.3 is 6.03 Å². The van der Waals surface area contributed by atoms with Crippen LogP contribution in [0, 0.1) is 18.8 Å². The molecule has 1 N–H and O–H groups in total. The van der Waals surface area contributed by atoms with Crippen LogP contribution in [0.25, 0.3) is 0 Å². The van der Waals surface area contributed by atoms with Crippen LogP contribution in [0.2, 0.25) is 0 Å². The number of benzene rings is 1. The Morgan fingerprint density at radius 3 is 2.54 bits per heavy atom. The van der Waals surface area contributed by atoms with Crippen LogP contribution in [0.15, 0.2) is 18.2 Å². The topological polar surface area (TPSA) is 69.7 Å². The van der Waals surface area contributed by atoms with E-state index in [1.54, 1.807) is 4.90 Å². The molecule has 1 heterocycles.